The summed E-state index contributed by atoms with van der Waals surface area (Å²) in [7, 11) is 2.03. The minimum Gasteiger partial charge on any atom is -0.334 e. The molecule has 0 aliphatic carbocycles. The van der Waals surface area contributed by atoms with Crippen LogP contribution in [-0.4, -0.2) is 56.7 Å². The second-order valence-electron chi connectivity index (χ2n) is 11.8. The first-order valence-corrected chi connectivity index (χ1v) is 15.6. The molecule has 12 heteroatoms. The van der Waals surface area contributed by atoms with Crippen molar-refractivity contribution in [1.82, 2.24) is 24.6 Å². The van der Waals surface area contributed by atoms with E-state index in [9.17, 15) is 31.5 Å². The molecule has 5 rings (SSSR count). The van der Waals surface area contributed by atoms with E-state index in [1.165, 1.54) is 28.9 Å². The number of carbonyl (C=O) groups is 1. The van der Waals surface area contributed by atoms with Crippen LogP contribution in [0.5, 0.6) is 0 Å². The van der Waals surface area contributed by atoms with E-state index in [4.69, 9.17) is 0 Å². The smallest absolute Gasteiger partial charge is 0.334 e. The lowest BCUT2D eigenvalue weighted by atomic mass is 10.0. The van der Waals surface area contributed by atoms with E-state index in [-0.39, 0.29) is 48.4 Å². The number of hydrogen-bond acceptors (Lipinski definition) is 5. The van der Waals surface area contributed by atoms with E-state index < -0.39 is 28.9 Å². The van der Waals surface area contributed by atoms with Crippen molar-refractivity contribution in [1.29, 1.82) is 0 Å². The molecule has 1 aromatic heterocycles. The predicted octanol–water partition coefficient (Wildman–Crippen LogP) is 6.07. The largest absolute Gasteiger partial charge is 0.416 e. The van der Waals surface area contributed by atoms with Crippen LogP contribution in [0.3, 0.4) is 0 Å². The molecule has 0 unspecified atom stereocenters. The average molecular weight is 654 g/mol. The first kappa shape index (κ1) is 33.9. The molecule has 248 valence electrons. The van der Waals surface area contributed by atoms with Crippen molar-refractivity contribution in [2.24, 2.45) is 0 Å². The third-order valence-corrected chi connectivity index (χ3v) is 8.59. The van der Waals surface area contributed by atoms with E-state index in [2.05, 4.69) is 15.0 Å². The second-order valence-corrected chi connectivity index (χ2v) is 11.8. The Hall–Kier alpha value is -4.45. The van der Waals surface area contributed by atoms with Gasteiger partial charge in [-0.25, -0.2) is 13.5 Å². The van der Waals surface area contributed by atoms with Crippen LogP contribution in [0.4, 0.5) is 22.0 Å². The van der Waals surface area contributed by atoms with Gasteiger partial charge in [-0.15, -0.1) is 0 Å². The molecule has 2 heterocycles. The van der Waals surface area contributed by atoms with Gasteiger partial charge < -0.3 is 9.80 Å². The summed E-state index contributed by atoms with van der Waals surface area (Å²) in [5, 5.41) is 4.44. The van der Waals surface area contributed by atoms with Crippen molar-refractivity contribution in [3.63, 3.8) is 0 Å². The lowest BCUT2D eigenvalue weighted by molar-refractivity contribution is -0.138. The molecular weight excluding hydrogens is 617 g/mol. The quantitative estimate of drug-likeness (QED) is 0.194. The molecule has 3 aromatic carbocycles. The SMILES string of the molecule is CCc1nn(CC(=O)N(Cc2ccc(-c3ccc(C(F)(F)F)cc3)cc2)C2CCN(C)CC2)c(CCc2cccc(F)c2F)nc1=O. The first-order chi connectivity index (χ1) is 22.4. The summed E-state index contributed by atoms with van der Waals surface area (Å²) in [6.07, 6.45) is -2.46. The fourth-order valence-electron chi connectivity index (χ4n) is 5.80. The number of likely N-dealkylation sites (tertiary alicyclic amines) is 1. The molecular formula is C35H36F5N5O2. The molecule has 1 saturated heterocycles. The molecule has 0 spiro atoms. The van der Waals surface area contributed by atoms with Crippen LogP contribution in [0.1, 0.15) is 48.0 Å². The number of aromatic nitrogens is 3. The molecule has 0 N–H and O–H groups in total. The molecule has 1 amide bonds. The normalized spacial score (nSPS) is 14.4. The fourth-order valence-corrected chi connectivity index (χ4v) is 5.80. The van der Waals surface area contributed by atoms with Crippen molar-refractivity contribution in [2.75, 3.05) is 20.1 Å². The van der Waals surface area contributed by atoms with Gasteiger partial charge in [0.2, 0.25) is 5.91 Å². The van der Waals surface area contributed by atoms with Gasteiger partial charge in [0.15, 0.2) is 11.6 Å². The lowest BCUT2D eigenvalue weighted by Gasteiger charge is -2.37. The van der Waals surface area contributed by atoms with Crippen LogP contribution in [-0.2, 0) is 43.3 Å². The third kappa shape index (κ3) is 8.29. The van der Waals surface area contributed by atoms with Gasteiger partial charge in [-0.3, -0.25) is 9.59 Å². The van der Waals surface area contributed by atoms with Crippen molar-refractivity contribution >= 4 is 5.91 Å². The summed E-state index contributed by atoms with van der Waals surface area (Å²) >= 11 is 0. The minimum atomic E-state index is -4.41. The van der Waals surface area contributed by atoms with Gasteiger partial charge in [-0.1, -0.05) is 55.5 Å². The molecule has 4 aromatic rings. The van der Waals surface area contributed by atoms with Gasteiger partial charge in [0.05, 0.1) is 5.56 Å². The summed E-state index contributed by atoms with van der Waals surface area (Å²) in [5.74, 6) is -1.96. The number of halogens is 5. The third-order valence-electron chi connectivity index (χ3n) is 8.59. The van der Waals surface area contributed by atoms with Gasteiger partial charge in [0.25, 0.3) is 5.56 Å². The zero-order valence-corrected chi connectivity index (χ0v) is 26.2. The summed E-state index contributed by atoms with van der Waals surface area (Å²) < 4.78 is 68.6. The summed E-state index contributed by atoms with van der Waals surface area (Å²) in [6, 6.07) is 16.2. The lowest BCUT2D eigenvalue weighted by Crippen LogP contribution is -2.47. The Bertz CT molecular complexity index is 1750. The highest BCUT2D eigenvalue weighted by Gasteiger charge is 2.30. The maximum absolute atomic E-state index is 14.4. The summed E-state index contributed by atoms with van der Waals surface area (Å²) in [5.41, 5.74) is 1.32. The molecule has 0 saturated carbocycles. The maximum atomic E-state index is 14.4. The highest BCUT2D eigenvalue weighted by molar-refractivity contribution is 5.76. The van der Waals surface area contributed by atoms with Gasteiger partial charge in [-0.05, 0) is 86.3 Å². The Morgan fingerprint density at radius 3 is 2.19 bits per heavy atom. The number of hydrogen-bond donors (Lipinski definition) is 0. The average Bonchev–Trinajstić information content (AvgIpc) is 3.05. The zero-order chi connectivity index (χ0) is 33.7. The molecule has 0 radical (unpaired) electrons. The van der Waals surface area contributed by atoms with E-state index in [1.54, 1.807) is 6.92 Å². The number of rotatable bonds is 10. The molecule has 1 fully saturated rings. The van der Waals surface area contributed by atoms with Crippen molar-refractivity contribution in [3.8, 4) is 11.1 Å². The number of amides is 1. The number of benzene rings is 3. The van der Waals surface area contributed by atoms with Gasteiger partial charge in [0, 0.05) is 19.0 Å². The Morgan fingerprint density at radius 1 is 0.936 bits per heavy atom. The topological polar surface area (TPSA) is 71.3 Å². The molecule has 1 aliphatic heterocycles. The van der Waals surface area contributed by atoms with Crippen LogP contribution in [0.15, 0.2) is 71.5 Å². The van der Waals surface area contributed by atoms with Crippen LogP contribution >= 0.6 is 0 Å². The van der Waals surface area contributed by atoms with Crippen molar-refractivity contribution in [2.45, 2.75) is 64.3 Å². The van der Waals surface area contributed by atoms with E-state index in [0.29, 0.717) is 18.5 Å². The monoisotopic (exact) mass is 653 g/mol. The fraction of sp³-hybridized carbons (Fsp3) is 0.371. The van der Waals surface area contributed by atoms with E-state index in [1.807, 2.05) is 36.2 Å². The number of carbonyl (C=O) groups excluding carboxylic acids is 1. The predicted molar refractivity (Wildman–Crippen MR) is 167 cm³/mol. The maximum Gasteiger partial charge on any atom is 0.416 e. The Morgan fingerprint density at radius 2 is 1.57 bits per heavy atom. The van der Waals surface area contributed by atoms with E-state index in [0.717, 1.165) is 55.3 Å². The Labute approximate surface area is 269 Å². The number of nitrogens with zero attached hydrogens (tertiary/aromatic N) is 5. The summed E-state index contributed by atoms with van der Waals surface area (Å²) in [4.78, 5) is 34.8. The van der Waals surface area contributed by atoms with Crippen LogP contribution in [0.25, 0.3) is 11.1 Å². The molecule has 0 atom stereocenters. The second kappa shape index (κ2) is 14.5. The number of alkyl halides is 3. The van der Waals surface area contributed by atoms with Crippen LogP contribution < -0.4 is 5.56 Å². The Balaban J connectivity index is 1.38. The van der Waals surface area contributed by atoms with Gasteiger partial charge in [-0.2, -0.15) is 23.3 Å². The van der Waals surface area contributed by atoms with Gasteiger partial charge >= 0.3 is 6.18 Å². The molecule has 0 bridgehead atoms. The molecule has 1 aliphatic rings. The Kier molecular flexibility index (Phi) is 10.5. The van der Waals surface area contributed by atoms with E-state index >= 15 is 0 Å². The molecule has 7 nitrogen and oxygen atoms in total. The number of aryl methyl sites for hydroxylation is 3. The molecule has 47 heavy (non-hydrogen) atoms. The first-order valence-electron chi connectivity index (χ1n) is 15.6. The van der Waals surface area contributed by atoms with Gasteiger partial charge in [0.1, 0.15) is 18.1 Å². The zero-order valence-electron chi connectivity index (χ0n) is 26.2. The number of piperidine rings is 1. The minimum absolute atomic E-state index is 0.0569. The highest BCUT2D eigenvalue weighted by atomic mass is 19.4. The highest BCUT2D eigenvalue weighted by Crippen LogP contribution is 2.31. The van der Waals surface area contributed by atoms with Crippen molar-refractivity contribution < 1.29 is 26.7 Å². The van der Waals surface area contributed by atoms with Crippen molar-refractivity contribution in [3.05, 3.63) is 117 Å². The van der Waals surface area contributed by atoms with Crippen LogP contribution in [0.2, 0.25) is 0 Å². The standard InChI is InChI=1S/C35H36F5N5O2/c1-3-30-34(47)41-31(16-13-26-5-4-6-29(36)33(26)37)45(42-30)22-32(46)44(28-17-19-43(2)20-18-28)21-23-7-9-24(10-8-23)25-11-14-27(15-12-25)35(38,39)40/h4-12,14-15,28H,3,13,16-22H2,1-2H3. The van der Waals surface area contributed by atoms with Crippen LogP contribution in [0, 0.1) is 11.6 Å². The summed E-state index contributed by atoms with van der Waals surface area (Å²) in [6.45, 7) is 3.47.